The summed E-state index contributed by atoms with van der Waals surface area (Å²) in [7, 11) is 0. The summed E-state index contributed by atoms with van der Waals surface area (Å²) in [5.41, 5.74) is 7.08. The van der Waals surface area contributed by atoms with Crippen LogP contribution in [0.1, 0.15) is 11.6 Å². The standard InChI is InChI=1S/C14H10BrClN2O2/c15-8-3-1-2-4-11(8)20-12-6-10-7(5-9(12)16)13(17)14(19)18-10/h1-6,13H,17H2,(H,18,19). The molecule has 0 saturated heterocycles. The van der Waals surface area contributed by atoms with E-state index in [1.807, 2.05) is 24.3 Å². The molecule has 0 saturated carbocycles. The SMILES string of the molecule is NC1C(=O)Nc2cc(Oc3ccccc3Br)c(Cl)cc21. The third-order valence-electron chi connectivity index (χ3n) is 3.04. The highest BCUT2D eigenvalue weighted by Gasteiger charge is 2.28. The Balaban J connectivity index is 1.99. The maximum absolute atomic E-state index is 11.5. The first kappa shape index (κ1) is 13.4. The van der Waals surface area contributed by atoms with Crippen LogP contribution in [0.4, 0.5) is 5.69 Å². The van der Waals surface area contributed by atoms with Gasteiger partial charge in [-0.05, 0) is 34.1 Å². The topological polar surface area (TPSA) is 64.4 Å². The predicted octanol–water partition coefficient (Wildman–Crippen LogP) is 3.85. The Morgan fingerprint density at radius 3 is 2.75 bits per heavy atom. The third kappa shape index (κ3) is 2.28. The summed E-state index contributed by atoms with van der Waals surface area (Å²) in [6.07, 6.45) is 0. The summed E-state index contributed by atoms with van der Waals surface area (Å²) in [4.78, 5) is 11.5. The second kappa shape index (κ2) is 5.09. The minimum atomic E-state index is -0.681. The molecule has 2 aromatic carbocycles. The molecule has 4 nitrogen and oxygen atoms in total. The molecule has 3 N–H and O–H groups in total. The average Bonchev–Trinajstić information content (AvgIpc) is 2.69. The van der Waals surface area contributed by atoms with Crippen LogP contribution in [0.15, 0.2) is 40.9 Å². The van der Waals surface area contributed by atoms with Crippen LogP contribution < -0.4 is 15.8 Å². The zero-order valence-corrected chi connectivity index (χ0v) is 12.5. The van der Waals surface area contributed by atoms with Gasteiger partial charge in [0.15, 0.2) is 0 Å². The highest BCUT2D eigenvalue weighted by molar-refractivity contribution is 9.10. The van der Waals surface area contributed by atoms with Gasteiger partial charge in [-0.2, -0.15) is 0 Å². The second-order valence-corrected chi connectivity index (χ2v) is 5.63. The number of benzene rings is 2. The predicted molar refractivity (Wildman–Crippen MR) is 81.2 cm³/mol. The zero-order chi connectivity index (χ0) is 14.3. The van der Waals surface area contributed by atoms with Gasteiger partial charge in [-0.15, -0.1) is 0 Å². The van der Waals surface area contributed by atoms with Crippen LogP contribution in [0, 0.1) is 0 Å². The molecule has 0 aliphatic carbocycles. The lowest BCUT2D eigenvalue weighted by Gasteiger charge is -2.11. The Kier molecular flexibility index (Phi) is 3.41. The van der Waals surface area contributed by atoms with Crippen LogP contribution in [0.5, 0.6) is 11.5 Å². The lowest BCUT2D eigenvalue weighted by molar-refractivity contribution is -0.116. The van der Waals surface area contributed by atoms with Crippen LogP contribution in [0.3, 0.4) is 0 Å². The summed E-state index contributed by atoms with van der Waals surface area (Å²) in [5, 5.41) is 3.11. The number of fused-ring (bicyclic) bond motifs is 1. The van der Waals surface area contributed by atoms with E-state index >= 15 is 0 Å². The molecular weight excluding hydrogens is 344 g/mol. The number of nitrogens with two attached hydrogens (primary N) is 1. The minimum absolute atomic E-state index is 0.242. The van der Waals surface area contributed by atoms with E-state index in [-0.39, 0.29) is 5.91 Å². The quantitative estimate of drug-likeness (QED) is 0.862. The lowest BCUT2D eigenvalue weighted by Crippen LogP contribution is -2.19. The largest absolute Gasteiger partial charge is 0.455 e. The van der Waals surface area contributed by atoms with Gasteiger partial charge >= 0.3 is 0 Å². The van der Waals surface area contributed by atoms with Gasteiger partial charge in [0, 0.05) is 17.3 Å². The van der Waals surface area contributed by atoms with Crippen molar-refractivity contribution in [2.24, 2.45) is 5.73 Å². The Labute approximate surface area is 129 Å². The van der Waals surface area contributed by atoms with Crippen molar-refractivity contribution in [3.8, 4) is 11.5 Å². The van der Waals surface area contributed by atoms with Crippen LogP contribution in [0.25, 0.3) is 0 Å². The number of amides is 1. The summed E-state index contributed by atoms with van der Waals surface area (Å²) < 4.78 is 6.58. The van der Waals surface area contributed by atoms with Gasteiger partial charge in [0.25, 0.3) is 0 Å². The number of rotatable bonds is 2. The van der Waals surface area contributed by atoms with Crippen molar-refractivity contribution in [1.29, 1.82) is 0 Å². The molecule has 1 aliphatic heterocycles. The molecule has 1 heterocycles. The van der Waals surface area contributed by atoms with Crippen molar-refractivity contribution < 1.29 is 9.53 Å². The maximum atomic E-state index is 11.5. The van der Waals surface area contributed by atoms with Crippen molar-refractivity contribution >= 4 is 39.1 Å². The number of nitrogens with one attached hydrogen (secondary N) is 1. The Hall–Kier alpha value is -1.56. The third-order valence-corrected chi connectivity index (χ3v) is 3.99. The fraction of sp³-hybridized carbons (Fsp3) is 0.0714. The summed E-state index contributed by atoms with van der Waals surface area (Å²) in [6.45, 7) is 0. The van der Waals surface area contributed by atoms with E-state index in [1.54, 1.807) is 12.1 Å². The van der Waals surface area contributed by atoms with Gasteiger partial charge in [0.1, 0.15) is 17.5 Å². The molecule has 0 aromatic heterocycles. The highest BCUT2D eigenvalue weighted by Crippen LogP contribution is 2.40. The molecule has 1 unspecified atom stereocenters. The number of ether oxygens (including phenoxy) is 1. The molecule has 20 heavy (non-hydrogen) atoms. The van der Waals surface area contributed by atoms with E-state index in [4.69, 9.17) is 22.1 Å². The molecule has 0 spiro atoms. The monoisotopic (exact) mass is 352 g/mol. The van der Waals surface area contributed by atoms with E-state index in [1.165, 1.54) is 0 Å². The van der Waals surface area contributed by atoms with E-state index in [0.29, 0.717) is 27.8 Å². The Morgan fingerprint density at radius 2 is 2.00 bits per heavy atom. The molecule has 1 amide bonds. The summed E-state index contributed by atoms with van der Waals surface area (Å²) in [5.74, 6) is 0.865. The van der Waals surface area contributed by atoms with Crippen LogP contribution in [0.2, 0.25) is 5.02 Å². The van der Waals surface area contributed by atoms with E-state index in [2.05, 4.69) is 21.2 Å². The molecule has 102 valence electrons. The molecule has 3 rings (SSSR count). The molecule has 0 bridgehead atoms. The number of carbonyl (C=O) groups excluding carboxylic acids is 1. The molecule has 2 aromatic rings. The number of para-hydroxylation sites is 1. The van der Waals surface area contributed by atoms with Crippen molar-refractivity contribution in [2.75, 3.05) is 5.32 Å². The summed E-state index contributed by atoms with van der Waals surface area (Å²) in [6, 6.07) is 10.1. The van der Waals surface area contributed by atoms with E-state index in [0.717, 1.165) is 4.47 Å². The van der Waals surface area contributed by atoms with E-state index in [9.17, 15) is 4.79 Å². The molecule has 1 atom stereocenters. The van der Waals surface area contributed by atoms with Crippen LogP contribution in [-0.2, 0) is 4.79 Å². The molecule has 0 radical (unpaired) electrons. The Bertz CT molecular complexity index is 706. The lowest BCUT2D eigenvalue weighted by atomic mass is 10.1. The number of hydrogen-bond donors (Lipinski definition) is 2. The fourth-order valence-electron chi connectivity index (χ4n) is 2.01. The first-order valence-corrected chi connectivity index (χ1v) is 7.05. The van der Waals surface area contributed by atoms with E-state index < -0.39 is 6.04 Å². The first-order chi connectivity index (χ1) is 9.56. The van der Waals surface area contributed by atoms with Crippen LogP contribution >= 0.6 is 27.5 Å². The normalized spacial score (nSPS) is 16.8. The van der Waals surface area contributed by atoms with Gasteiger partial charge < -0.3 is 15.8 Å². The number of hydrogen-bond acceptors (Lipinski definition) is 3. The zero-order valence-electron chi connectivity index (χ0n) is 10.2. The fourth-order valence-corrected chi connectivity index (χ4v) is 2.59. The minimum Gasteiger partial charge on any atom is -0.455 e. The molecular formula is C14H10BrClN2O2. The van der Waals surface area contributed by atoms with Crippen molar-refractivity contribution in [3.05, 3.63) is 51.5 Å². The Morgan fingerprint density at radius 1 is 1.25 bits per heavy atom. The smallest absolute Gasteiger partial charge is 0.245 e. The van der Waals surface area contributed by atoms with Gasteiger partial charge in [0.2, 0.25) is 5.91 Å². The molecule has 6 heteroatoms. The van der Waals surface area contributed by atoms with Crippen LogP contribution in [-0.4, -0.2) is 5.91 Å². The molecule has 0 fully saturated rings. The number of carbonyl (C=O) groups is 1. The first-order valence-electron chi connectivity index (χ1n) is 5.88. The number of anilines is 1. The average molecular weight is 354 g/mol. The van der Waals surface area contributed by atoms with Gasteiger partial charge in [-0.1, -0.05) is 23.7 Å². The number of halogens is 2. The van der Waals surface area contributed by atoms with Crippen molar-refractivity contribution in [3.63, 3.8) is 0 Å². The molecule has 1 aliphatic rings. The second-order valence-electron chi connectivity index (χ2n) is 4.37. The van der Waals surface area contributed by atoms with Crippen molar-refractivity contribution in [2.45, 2.75) is 6.04 Å². The highest BCUT2D eigenvalue weighted by atomic mass is 79.9. The van der Waals surface area contributed by atoms with Gasteiger partial charge in [-0.25, -0.2) is 0 Å². The summed E-state index contributed by atoms with van der Waals surface area (Å²) >= 11 is 9.59. The maximum Gasteiger partial charge on any atom is 0.245 e. The van der Waals surface area contributed by atoms with Gasteiger partial charge in [0.05, 0.1) is 9.50 Å². The van der Waals surface area contributed by atoms with Crippen molar-refractivity contribution in [1.82, 2.24) is 0 Å². The van der Waals surface area contributed by atoms with Gasteiger partial charge in [-0.3, -0.25) is 4.79 Å².